The molecule has 3 aromatic rings. The number of carbonyl (C=O) groups excluding carboxylic acids is 1. The van der Waals surface area contributed by atoms with Gasteiger partial charge in [0.2, 0.25) is 0 Å². The van der Waals surface area contributed by atoms with Crippen molar-refractivity contribution < 1.29 is 19.0 Å². The van der Waals surface area contributed by atoms with E-state index in [0.717, 1.165) is 5.69 Å². The zero-order valence-electron chi connectivity index (χ0n) is 16.4. The van der Waals surface area contributed by atoms with E-state index in [1.165, 1.54) is 6.20 Å². The number of pyridine rings is 2. The van der Waals surface area contributed by atoms with E-state index in [-0.39, 0.29) is 12.6 Å². The minimum absolute atomic E-state index is 0.170. The third-order valence-corrected chi connectivity index (χ3v) is 4.37. The molecule has 0 aliphatic rings. The largest absolute Gasteiger partial charge is 0.496 e. The summed E-state index contributed by atoms with van der Waals surface area (Å²) in [6.45, 7) is 4.00. The zero-order valence-corrected chi connectivity index (χ0v) is 16.4. The number of esters is 1. The highest BCUT2D eigenvalue weighted by atomic mass is 16.5. The van der Waals surface area contributed by atoms with Crippen molar-refractivity contribution in [2.45, 2.75) is 19.9 Å². The van der Waals surface area contributed by atoms with Gasteiger partial charge in [-0.25, -0.2) is 4.79 Å². The first-order valence-corrected chi connectivity index (χ1v) is 8.99. The monoisotopic (exact) mass is 381 g/mol. The first-order chi connectivity index (χ1) is 13.6. The molecule has 7 nitrogen and oxygen atoms in total. The second-order valence-electron chi connectivity index (χ2n) is 6.08. The van der Waals surface area contributed by atoms with Crippen molar-refractivity contribution in [1.82, 2.24) is 9.97 Å². The molecular weight excluding hydrogens is 358 g/mol. The lowest BCUT2D eigenvalue weighted by molar-refractivity contribution is 0.0527. The standard InChI is InChI=1S/C21H23N3O4/c1-5-28-21(25)14-12-23-20-17(27-4)10-9-16(26-3)18(20)19(14)24-13(2)15-8-6-7-11-22-15/h6-13H,5H2,1-4H3,(H,23,24). The Labute approximate surface area is 163 Å². The summed E-state index contributed by atoms with van der Waals surface area (Å²) in [6.07, 6.45) is 3.23. The van der Waals surface area contributed by atoms with E-state index in [2.05, 4.69) is 15.3 Å². The van der Waals surface area contributed by atoms with E-state index in [4.69, 9.17) is 14.2 Å². The summed E-state index contributed by atoms with van der Waals surface area (Å²) in [5.41, 5.74) is 2.32. The normalized spacial score (nSPS) is 11.7. The Kier molecular flexibility index (Phi) is 5.93. The van der Waals surface area contributed by atoms with E-state index in [1.807, 2.05) is 25.1 Å². The number of nitrogens with zero attached hydrogens (tertiary/aromatic N) is 2. The Morgan fingerprint density at radius 1 is 1.11 bits per heavy atom. The maximum atomic E-state index is 12.6. The number of benzene rings is 1. The fourth-order valence-electron chi connectivity index (χ4n) is 3.02. The Balaban J connectivity index is 2.22. The fraction of sp³-hybridized carbons (Fsp3) is 0.286. The first kappa shape index (κ1) is 19.4. The van der Waals surface area contributed by atoms with Crippen LogP contribution in [0.5, 0.6) is 11.5 Å². The number of ether oxygens (including phenoxy) is 3. The van der Waals surface area contributed by atoms with Gasteiger partial charge in [0.25, 0.3) is 0 Å². The molecule has 0 aliphatic heterocycles. The van der Waals surface area contributed by atoms with Crippen LogP contribution in [0.2, 0.25) is 0 Å². The number of hydrogen-bond acceptors (Lipinski definition) is 7. The molecule has 1 N–H and O–H groups in total. The molecule has 3 rings (SSSR count). The highest BCUT2D eigenvalue weighted by Crippen LogP contribution is 2.39. The first-order valence-electron chi connectivity index (χ1n) is 8.99. The predicted octanol–water partition coefficient (Wildman–Crippen LogP) is 4.00. The van der Waals surface area contributed by atoms with Crippen molar-refractivity contribution in [3.63, 3.8) is 0 Å². The number of hydrogen-bond donors (Lipinski definition) is 1. The molecule has 7 heteroatoms. The molecule has 0 aliphatic carbocycles. The average Bonchev–Trinajstić information content (AvgIpc) is 2.73. The molecule has 146 valence electrons. The number of anilines is 1. The van der Waals surface area contributed by atoms with Crippen molar-refractivity contribution in [2.24, 2.45) is 0 Å². The molecule has 28 heavy (non-hydrogen) atoms. The molecule has 1 aromatic carbocycles. The van der Waals surface area contributed by atoms with Gasteiger partial charge in [0.05, 0.1) is 43.6 Å². The van der Waals surface area contributed by atoms with Gasteiger partial charge in [-0.15, -0.1) is 0 Å². The minimum atomic E-state index is -0.461. The summed E-state index contributed by atoms with van der Waals surface area (Å²) in [4.78, 5) is 21.4. The van der Waals surface area contributed by atoms with Gasteiger partial charge in [-0.2, -0.15) is 0 Å². The van der Waals surface area contributed by atoms with Gasteiger partial charge in [0, 0.05) is 12.4 Å². The molecule has 0 saturated heterocycles. The molecular formula is C21H23N3O4. The van der Waals surface area contributed by atoms with Crippen molar-refractivity contribution in [3.05, 3.63) is 54.0 Å². The maximum Gasteiger partial charge on any atom is 0.341 e. The maximum absolute atomic E-state index is 12.6. The van der Waals surface area contributed by atoms with Crippen LogP contribution < -0.4 is 14.8 Å². The summed E-state index contributed by atoms with van der Waals surface area (Å²) < 4.78 is 16.2. The van der Waals surface area contributed by atoms with E-state index in [9.17, 15) is 4.79 Å². The van der Waals surface area contributed by atoms with Crippen LogP contribution in [0.15, 0.2) is 42.7 Å². The zero-order chi connectivity index (χ0) is 20.1. The van der Waals surface area contributed by atoms with Crippen LogP contribution in [0.3, 0.4) is 0 Å². The number of rotatable bonds is 7. The molecule has 0 amide bonds. The van der Waals surface area contributed by atoms with Crippen molar-refractivity contribution in [1.29, 1.82) is 0 Å². The average molecular weight is 381 g/mol. The van der Waals surface area contributed by atoms with Gasteiger partial charge in [-0.1, -0.05) is 6.07 Å². The predicted molar refractivity (Wildman–Crippen MR) is 107 cm³/mol. The Hall–Kier alpha value is -3.35. The smallest absolute Gasteiger partial charge is 0.341 e. The second kappa shape index (κ2) is 8.56. The van der Waals surface area contributed by atoms with Gasteiger partial charge in [0.15, 0.2) is 0 Å². The van der Waals surface area contributed by atoms with Gasteiger partial charge in [-0.05, 0) is 38.1 Å². The van der Waals surface area contributed by atoms with E-state index in [1.54, 1.807) is 39.5 Å². The summed E-state index contributed by atoms with van der Waals surface area (Å²) in [7, 11) is 3.15. The lowest BCUT2D eigenvalue weighted by Gasteiger charge is -2.20. The molecule has 0 bridgehead atoms. The third-order valence-electron chi connectivity index (χ3n) is 4.37. The Morgan fingerprint density at radius 2 is 1.86 bits per heavy atom. The molecule has 2 aromatic heterocycles. The van der Waals surface area contributed by atoms with Crippen LogP contribution in [-0.2, 0) is 4.74 Å². The van der Waals surface area contributed by atoms with Crippen LogP contribution >= 0.6 is 0 Å². The quantitative estimate of drug-likeness (QED) is 0.620. The van der Waals surface area contributed by atoms with E-state index < -0.39 is 5.97 Å². The highest BCUT2D eigenvalue weighted by molar-refractivity contribution is 6.08. The van der Waals surface area contributed by atoms with Crippen molar-refractivity contribution in [3.8, 4) is 11.5 Å². The van der Waals surface area contributed by atoms with Crippen molar-refractivity contribution in [2.75, 3.05) is 26.1 Å². The Bertz CT molecular complexity index is 976. The third kappa shape index (κ3) is 3.69. The van der Waals surface area contributed by atoms with Crippen molar-refractivity contribution >= 4 is 22.6 Å². The van der Waals surface area contributed by atoms with Gasteiger partial charge >= 0.3 is 5.97 Å². The fourth-order valence-corrected chi connectivity index (χ4v) is 3.02. The summed E-state index contributed by atoms with van der Waals surface area (Å²) >= 11 is 0. The number of aromatic nitrogens is 2. The van der Waals surface area contributed by atoms with Gasteiger partial charge < -0.3 is 19.5 Å². The van der Waals surface area contributed by atoms with E-state index in [0.29, 0.717) is 33.7 Å². The topological polar surface area (TPSA) is 82.6 Å². The Morgan fingerprint density at radius 3 is 2.50 bits per heavy atom. The van der Waals surface area contributed by atoms with Crippen LogP contribution in [0.1, 0.15) is 35.9 Å². The number of methoxy groups -OCH3 is 2. The number of carbonyl (C=O) groups is 1. The molecule has 0 radical (unpaired) electrons. The number of nitrogens with one attached hydrogen (secondary N) is 1. The molecule has 1 unspecified atom stereocenters. The van der Waals surface area contributed by atoms with Crippen LogP contribution in [-0.4, -0.2) is 36.8 Å². The number of fused-ring (bicyclic) bond motifs is 1. The van der Waals surface area contributed by atoms with Gasteiger partial charge in [0.1, 0.15) is 22.6 Å². The molecule has 2 heterocycles. The molecule has 0 saturated carbocycles. The summed E-state index contributed by atoms with van der Waals surface area (Å²) in [5, 5.41) is 4.04. The molecule has 0 spiro atoms. The minimum Gasteiger partial charge on any atom is -0.496 e. The molecule has 0 fully saturated rings. The lowest BCUT2D eigenvalue weighted by Crippen LogP contribution is -2.15. The second-order valence-corrected chi connectivity index (χ2v) is 6.08. The van der Waals surface area contributed by atoms with E-state index >= 15 is 0 Å². The summed E-state index contributed by atoms with van der Waals surface area (Å²) in [5.74, 6) is 0.697. The highest BCUT2D eigenvalue weighted by Gasteiger charge is 2.23. The van der Waals surface area contributed by atoms with Crippen LogP contribution in [0.4, 0.5) is 5.69 Å². The summed E-state index contributed by atoms with van der Waals surface area (Å²) in [6, 6.07) is 9.09. The molecule has 1 atom stereocenters. The lowest BCUT2D eigenvalue weighted by atomic mass is 10.1. The van der Waals surface area contributed by atoms with Gasteiger partial charge in [-0.3, -0.25) is 9.97 Å². The van der Waals surface area contributed by atoms with Crippen LogP contribution in [0.25, 0.3) is 10.9 Å². The SMILES string of the molecule is CCOC(=O)c1cnc2c(OC)ccc(OC)c2c1NC(C)c1ccccn1. The van der Waals surface area contributed by atoms with Crippen LogP contribution in [0, 0.1) is 0 Å².